The van der Waals surface area contributed by atoms with Gasteiger partial charge < -0.3 is 10.2 Å². The lowest BCUT2D eigenvalue weighted by atomic mass is 10.2. The molecule has 1 saturated heterocycles. The van der Waals surface area contributed by atoms with Gasteiger partial charge in [0.1, 0.15) is 5.82 Å². The number of rotatable bonds is 4. The first-order valence-electron chi connectivity index (χ1n) is 6.71. The van der Waals surface area contributed by atoms with Gasteiger partial charge in [-0.3, -0.25) is 9.69 Å². The van der Waals surface area contributed by atoms with Crippen LogP contribution in [0.15, 0.2) is 22.7 Å². The van der Waals surface area contributed by atoms with Crippen molar-refractivity contribution in [2.24, 2.45) is 0 Å². The summed E-state index contributed by atoms with van der Waals surface area (Å²) in [6.45, 7) is 5.44. The van der Waals surface area contributed by atoms with Gasteiger partial charge in [0.25, 0.3) is 5.91 Å². The molecule has 0 unspecified atom stereocenters. The molecule has 4 nitrogen and oxygen atoms in total. The van der Waals surface area contributed by atoms with Crippen molar-refractivity contribution in [3.63, 3.8) is 0 Å². The maximum absolute atomic E-state index is 13.6. The fourth-order valence-electron chi connectivity index (χ4n) is 2.20. The van der Waals surface area contributed by atoms with Gasteiger partial charge in [-0.2, -0.15) is 0 Å². The van der Waals surface area contributed by atoms with E-state index in [1.165, 1.54) is 6.07 Å². The normalized spacial score (nSPS) is 17.1. The second-order valence-corrected chi connectivity index (χ2v) is 5.85. The molecule has 6 heteroatoms. The fraction of sp³-hybridized carbons (Fsp3) is 0.500. The molecule has 1 aromatic rings. The highest BCUT2D eigenvalue weighted by molar-refractivity contribution is 9.10. The van der Waals surface area contributed by atoms with E-state index in [4.69, 9.17) is 0 Å². The van der Waals surface area contributed by atoms with Crippen molar-refractivity contribution in [1.82, 2.24) is 15.1 Å². The summed E-state index contributed by atoms with van der Waals surface area (Å²) in [6, 6.07) is 4.53. The number of likely N-dealkylation sites (N-methyl/N-ethyl adjacent to an activating group) is 1. The highest BCUT2D eigenvalue weighted by Gasteiger charge is 2.16. The Labute approximate surface area is 127 Å². The summed E-state index contributed by atoms with van der Waals surface area (Å²) in [5, 5.41) is 2.77. The van der Waals surface area contributed by atoms with Crippen molar-refractivity contribution in [2.45, 2.75) is 0 Å². The van der Waals surface area contributed by atoms with Crippen LogP contribution in [0.3, 0.4) is 0 Å². The Morgan fingerprint density at radius 1 is 1.35 bits per heavy atom. The topological polar surface area (TPSA) is 35.6 Å². The van der Waals surface area contributed by atoms with E-state index in [0.29, 0.717) is 11.0 Å². The number of piperazine rings is 1. The monoisotopic (exact) mass is 343 g/mol. The van der Waals surface area contributed by atoms with Crippen molar-refractivity contribution < 1.29 is 9.18 Å². The zero-order chi connectivity index (χ0) is 14.5. The summed E-state index contributed by atoms with van der Waals surface area (Å²) in [7, 11) is 2.11. The van der Waals surface area contributed by atoms with Crippen molar-refractivity contribution in [3.05, 3.63) is 34.1 Å². The van der Waals surface area contributed by atoms with Crippen LogP contribution in [0, 0.1) is 5.82 Å². The lowest BCUT2D eigenvalue weighted by molar-refractivity contribution is 0.0936. The molecule has 0 aliphatic carbocycles. The molecule has 0 bridgehead atoms. The molecular formula is C14H19BrFN3O. The van der Waals surface area contributed by atoms with Gasteiger partial charge in [0.05, 0.1) is 5.56 Å². The number of carbonyl (C=O) groups is 1. The third kappa shape index (κ3) is 4.01. The van der Waals surface area contributed by atoms with Gasteiger partial charge in [0.2, 0.25) is 0 Å². The van der Waals surface area contributed by atoms with Gasteiger partial charge in [-0.1, -0.05) is 6.07 Å². The Hall–Kier alpha value is -0.980. The molecule has 110 valence electrons. The zero-order valence-electron chi connectivity index (χ0n) is 11.5. The molecule has 1 aliphatic heterocycles. The minimum atomic E-state index is -0.503. The standard InChI is InChI=1S/C14H19BrFN3O/c1-18-7-9-19(10-8-18)6-5-17-14(20)13-11(15)3-2-4-12(13)16/h2-4H,5-10H2,1H3,(H,17,20). The van der Waals surface area contributed by atoms with Gasteiger partial charge in [-0.05, 0) is 35.1 Å². The predicted molar refractivity (Wildman–Crippen MR) is 80.4 cm³/mol. The quantitative estimate of drug-likeness (QED) is 0.901. The van der Waals surface area contributed by atoms with Crippen LogP contribution in [0.1, 0.15) is 10.4 Å². The molecule has 2 rings (SSSR count). The van der Waals surface area contributed by atoms with Crippen molar-refractivity contribution in [2.75, 3.05) is 46.3 Å². The summed E-state index contributed by atoms with van der Waals surface area (Å²) >= 11 is 3.21. The molecule has 1 amide bonds. The lowest BCUT2D eigenvalue weighted by Crippen LogP contribution is -2.47. The van der Waals surface area contributed by atoms with E-state index in [1.54, 1.807) is 12.1 Å². The number of amides is 1. The van der Waals surface area contributed by atoms with Crippen LogP contribution in [0.4, 0.5) is 4.39 Å². The van der Waals surface area contributed by atoms with Crippen LogP contribution in [-0.2, 0) is 0 Å². The van der Waals surface area contributed by atoms with Gasteiger partial charge in [0.15, 0.2) is 0 Å². The Morgan fingerprint density at radius 2 is 2.05 bits per heavy atom. The molecule has 20 heavy (non-hydrogen) atoms. The SMILES string of the molecule is CN1CCN(CCNC(=O)c2c(F)cccc2Br)CC1. The first-order chi connectivity index (χ1) is 9.58. The van der Waals surface area contributed by atoms with Gasteiger partial charge in [0, 0.05) is 43.7 Å². The number of hydrogen-bond donors (Lipinski definition) is 1. The summed E-state index contributed by atoms with van der Waals surface area (Å²) in [5.74, 6) is -0.874. The molecule has 1 aliphatic rings. The molecule has 0 aromatic heterocycles. The van der Waals surface area contributed by atoms with E-state index in [0.717, 1.165) is 32.7 Å². The fourth-order valence-corrected chi connectivity index (χ4v) is 2.72. The Bertz CT molecular complexity index is 455. The Morgan fingerprint density at radius 3 is 2.70 bits per heavy atom. The molecule has 1 aromatic carbocycles. The number of nitrogens with one attached hydrogen (secondary N) is 1. The van der Waals surface area contributed by atoms with Crippen LogP contribution < -0.4 is 5.32 Å². The number of halogens is 2. The minimum absolute atomic E-state index is 0.0749. The summed E-state index contributed by atoms with van der Waals surface area (Å²) in [4.78, 5) is 16.6. The molecule has 0 spiro atoms. The van der Waals surface area contributed by atoms with Gasteiger partial charge in [-0.25, -0.2) is 4.39 Å². The van der Waals surface area contributed by atoms with E-state index in [2.05, 4.69) is 38.1 Å². The van der Waals surface area contributed by atoms with Crippen molar-refractivity contribution >= 4 is 21.8 Å². The number of benzene rings is 1. The van der Waals surface area contributed by atoms with Crippen molar-refractivity contribution in [3.8, 4) is 0 Å². The van der Waals surface area contributed by atoms with Gasteiger partial charge >= 0.3 is 0 Å². The summed E-state index contributed by atoms with van der Waals surface area (Å²) < 4.78 is 14.1. The average molecular weight is 344 g/mol. The van der Waals surface area contributed by atoms with Gasteiger partial charge in [-0.15, -0.1) is 0 Å². The second kappa shape index (κ2) is 7.15. The third-order valence-corrected chi connectivity index (χ3v) is 4.16. The van der Waals surface area contributed by atoms with Crippen molar-refractivity contribution in [1.29, 1.82) is 0 Å². The van der Waals surface area contributed by atoms with Crippen LogP contribution >= 0.6 is 15.9 Å². The van der Waals surface area contributed by atoms with E-state index in [-0.39, 0.29) is 11.5 Å². The second-order valence-electron chi connectivity index (χ2n) is 5.00. The highest BCUT2D eigenvalue weighted by atomic mass is 79.9. The van der Waals surface area contributed by atoms with Crippen LogP contribution in [-0.4, -0.2) is 62.0 Å². The zero-order valence-corrected chi connectivity index (χ0v) is 13.1. The highest BCUT2D eigenvalue weighted by Crippen LogP contribution is 2.19. The molecule has 1 heterocycles. The molecule has 1 fully saturated rings. The van der Waals surface area contributed by atoms with Crippen LogP contribution in [0.5, 0.6) is 0 Å². The van der Waals surface area contributed by atoms with E-state index >= 15 is 0 Å². The Kier molecular flexibility index (Phi) is 5.51. The molecule has 1 N–H and O–H groups in total. The molecule has 0 radical (unpaired) electrons. The average Bonchev–Trinajstić information content (AvgIpc) is 2.41. The van der Waals surface area contributed by atoms with Crippen LogP contribution in [0.2, 0.25) is 0 Å². The summed E-state index contributed by atoms with van der Waals surface area (Å²) in [5.41, 5.74) is 0.0749. The smallest absolute Gasteiger partial charge is 0.255 e. The first-order valence-corrected chi connectivity index (χ1v) is 7.50. The van der Waals surface area contributed by atoms with E-state index in [9.17, 15) is 9.18 Å². The minimum Gasteiger partial charge on any atom is -0.351 e. The largest absolute Gasteiger partial charge is 0.351 e. The number of carbonyl (C=O) groups excluding carboxylic acids is 1. The predicted octanol–water partition coefficient (Wildman–Crippen LogP) is 1.57. The van der Waals surface area contributed by atoms with Crippen LogP contribution in [0.25, 0.3) is 0 Å². The molecular weight excluding hydrogens is 325 g/mol. The lowest BCUT2D eigenvalue weighted by Gasteiger charge is -2.32. The van der Waals surface area contributed by atoms with E-state index < -0.39 is 5.82 Å². The maximum Gasteiger partial charge on any atom is 0.255 e. The number of hydrogen-bond acceptors (Lipinski definition) is 3. The molecule has 0 atom stereocenters. The van der Waals surface area contributed by atoms with E-state index in [1.807, 2.05) is 0 Å². The molecule has 0 saturated carbocycles. The Balaban J connectivity index is 1.81. The number of nitrogens with zero attached hydrogens (tertiary/aromatic N) is 2. The first kappa shape index (κ1) is 15.4. The third-order valence-electron chi connectivity index (χ3n) is 3.50. The summed E-state index contributed by atoms with van der Waals surface area (Å²) in [6.07, 6.45) is 0. The maximum atomic E-state index is 13.6.